The predicted octanol–water partition coefficient (Wildman–Crippen LogP) is 7.46. The molecule has 2 aromatic carbocycles. The van der Waals surface area contributed by atoms with Gasteiger partial charge in [-0.05, 0) is 61.4 Å². The van der Waals surface area contributed by atoms with Crippen LogP contribution < -0.4 is 4.74 Å². The fraction of sp³-hybridized carbons (Fsp3) is 0.345. The zero-order valence-corrected chi connectivity index (χ0v) is 21.9. The van der Waals surface area contributed by atoms with E-state index in [1.807, 2.05) is 48.7 Å². The van der Waals surface area contributed by atoms with Crippen LogP contribution in [0.5, 0.6) is 5.75 Å². The van der Waals surface area contributed by atoms with Gasteiger partial charge in [0.25, 0.3) is 0 Å². The van der Waals surface area contributed by atoms with Crippen LogP contribution in [0.1, 0.15) is 51.7 Å². The predicted molar refractivity (Wildman–Crippen MR) is 143 cm³/mol. The fourth-order valence-electron chi connectivity index (χ4n) is 3.72. The molecule has 0 aliphatic rings. The van der Waals surface area contributed by atoms with E-state index in [1.165, 1.54) is 12.7 Å². The monoisotopic (exact) mass is 494 g/mol. The largest absolute Gasteiger partial charge is 0.493 e. The molecule has 3 rings (SSSR count). The molecule has 0 saturated heterocycles. The van der Waals surface area contributed by atoms with Crippen molar-refractivity contribution in [2.75, 3.05) is 13.7 Å². The fourth-order valence-corrected chi connectivity index (χ4v) is 4.66. The number of carbonyl (C=O) groups is 1. The van der Waals surface area contributed by atoms with Crippen molar-refractivity contribution in [3.8, 4) is 5.75 Å². The number of ether oxygens (including phenoxy) is 3. The first-order chi connectivity index (χ1) is 16.8. The summed E-state index contributed by atoms with van der Waals surface area (Å²) in [6.45, 7) is 8.83. The van der Waals surface area contributed by atoms with Crippen molar-refractivity contribution in [2.24, 2.45) is 0 Å². The summed E-state index contributed by atoms with van der Waals surface area (Å²) in [7, 11) is 1.42. The number of allylic oxidation sites excluding steroid dienone is 2. The van der Waals surface area contributed by atoms with Gasteiger partial charge < -0.3 is 19.3 Å². The molecule has 0 unspecified atom stereocenters. The van der Waals surface area contributed by atoms with Gasteiger partial charge in [0.1, 0.15) is 17.3 Å². The van der Waals surface area contributed by atoms with E-state index >= 15 is 0 Å². The molecule has 6 heteroatoms. The Balaban J connectivity index is 1.69. The molecule has 0 saturated carbocycles. The van der Waals surface area contributed by atoms with Gasteiger partial charge in [-0.25, -0.2) is 4.79 Å². The topological polar surface area (TPSA) is 65.0 Å². The average molecular weight is 495 g/mol. The Hall–Kier alpha value is -3.09. The molecule has 5 nitrogen and oxygen atoms in total. The second kappa shape index (κ2) is 12.6. The Labute approximate surface area is 211 Å². The molecule has 0 spiro atoms. The lowest BCUT2D eigenvalue weighted by atomic mass is 10.1. The number of rotatable bonds is 12. The minimum atomic E-state index is -0.961. The molecule has 0 aliphatic heterocycles. The molecule has 1 aromatic heterocycles. The van der Waals surface area contributed by atoms with Crippen LogP contribution in [0, 0.1) is 0 Å². The molecule has 1 heterocycles. The van der Waals surface area contributed by atoms with Gasteiger partial charge in [0.15, 0.2) is 6.10 Å². The standard InChI is InChI=1S/C29H34O5S/c1-6-19(2)27(22-10-8-7-9-11-22)34-21(4)20(3)14-16-33-25-13-12-23(18-26(32-5)29(30)31)28-24(25)15-17-35-28/h7-13,15,17,26H,6,14,16,18H2,1-5H3,(H,30,31)/b21-20+,27-19+/t26-/m0/s1. The highest BCUT2D eigenvalue weighted by molar-refractivity contribution is 7.17. The average Bonchev–Trinajstić information content (AvgIpc) is 3.37. The van der Waals surface area contributed by atoms with Crippen molar-refractivity contribution in [2.45, 2.75) is 53.1 Å². The van der Waals surface area contributed by atoms with Gasteiger partial charge >= 0.3 is 5.97 Å². The number of aliphatic carboxylic acids is 1. The zero-order chi connectivity index (χ0) is 25.4. The highest BCUT2D eigenvalue weighted by atomic mass is 32.1. The summed E-state index contributed by atoms with van der Waals surface area (Å²) in [6, 6.07) is 16.1. The van der Waals surface area contributed by atoms with Crippen molar-refractivity contribution in [3.63, 3.8) is 0 Å². The van der Waals surface area contributed by atoms with Crippen LogP contribution in [0.15, 0.2) is 70.8 Å². The van der Waals surface area contributed by atoms with E-state index in [1.54, 1.807) is 11.3 Å². The first kappa shape index (κ1) is 26.5. The quantitative estimate of drug-likeness (QED) is 0.265. The molecule has 0 radical (unpaired) electrons. The van der Waals surface area contributed by atoms with Crippen LogP contribution in [0.4, 0.5) is 0 Å². The SMILES string of the molecule is CC/C(C)=C(/O/C(C)=C(\C)CCOc1ccc(C[C@H](OC)C(=O)O)c2sccc12)c1ccccc1. The zero-order valence-electron chi connectivity index (χ0n) is 21.1. The Bertz CT molecular complexity index is 1210. The maximum Gasteiger partial charge on any atom is 0.333 e. The highest BCUT2D eigenvalue weighted by Gasteiger charge is 2.19. The second-order valence-electron chi connectivity index (χ2n) is 8.52. The van der Waals surface area contributed by atoms with E-state index in [9.17, 15) is 9.90 Å². The van der Waals surface area contributed by atoms with Gasteiger partial charge in [0, 0.05) is 35.6 Å². The molecule has 0 fully saturated rings. The summed E-state index contributed by atoms with van der Waals surface area (Å²) in [5.74, 6) is 1.64. The molecular weight excluding hydrogens is 460 g/mol. The molecule has 1 atom stereocenters. The third-order valence-corrected chi connectivity index (χ3v) is 7.16. The van der Waals surface area contributed by atoms with Gasteiger partial charge in [0.2, 0.25) is 0 Å². The molecule has 3 aromatic rings. The normalized spacial score (nSPS) is 13.7. The van der Waals surface area contributed by atoms with E-state index in [2.05, 4.69) is 32.9 Å². The molecule has 0 amide bonds. The van der Waals surface area contributed by atoms with E-state index in [0.29, 0.717) is 13.0 Å². The summed E-state index contributed by atoms with van der Waals surface area (Å²) >= 11 is 1.58. The Morgan fingerprint density at radius 2 is 1.77 bits per heavy atom. The molecular formula is C29H34O5S. The van der Waals surface area contributed by atoms with Crippen molar-refractivity contribution in [1.29, 1.82) is 0 Å². The summed E-state index contributed by atoms with van der Waals surface area (Å²) in [4.78, 5) is 11.4. The van der Waals surface area contributed by atoms with E-state index in [-0.39, 0.29) is 0 Å². The number of carboxylic acid groups (broad SMARTS) is 1. The van der Waals surface area contributed by atoms with Crippen molar-refractivity contribution in [1.82, 2.24) is 0 Å². The van der Waals surface area contributed by atoms with Crippen molar-refractivity contribution < 1.29 is 24.1 Å². The molecule has 35 heavy (non-hydrogen) atoms. The lowest BCUT2D eigenvalue weighted by Crippen LogP contribution is -2.24. The number of carboxylic acids is 1. The number of benzene rings is 2. The first-order valence-electron chi connectivity index (χ1n) is 11.8. The number of hydrogen-bond donors (Lipinski definition) is 1. The highest BCUT2D eigenvalue weighted by Crippen LogP contribution is 2.34. The summed E-state index contributed by atoms with van der Waals surface area (Å²) in [5.41, 5.74) is 4.36. The van der Waals surface area contributed by atoms with E-state index in [0.717, 1.165) is 56.9 Å². The summed E-state index contributed by atoms with van der Waals surface area (Å²) in [5, 5.41) is 12.3. The van der Waals surface area contributed by atoms with Crippen LogP contribution in [0.2, 0.25) is 0 Å². The van der Waals surface area contributed by atoms with Gasteiger partial charge in [0.05, 0.1) is 6.61 Å². The number of hydrogen-bond acceptors (Lipinski definition) is 5. The smallest absolute Gasteiger partial charge is 0.333 e. The Morgan fingerprint density at radius 3 is 2.43 bits per heavy atom. The van der Waals surface area contributed by atoms with Crippen molar-refractivity contribution in [3.05, 3.63) is 81.9 Å². The van der Waals surface area contributed by atoms with Crippen LogP contribution in [0.3, 0.4) is 0 Å². The van der Waals surface area contributed by atoms with Crippen molar-refractivity contribution >= 4 is 33.2 Å². The van der Waals surface area contributed by atoms with Gasteiger partial charge in [-0.3, -0.25) is 0 Å². The van der Waals surface area contributed by atoms with Crippen LogP contribution in [-0.4, -0.2) is 30.9 Å². The van der Waals surface area contributed by atoms with Crippen LogP contribution >= 0.6 is 11.3 Å². The Morgan fingerprint density at radius 1 is 1.03 bits per heavy atom. The maximum atomic E-state index is 11.4. The minimum Gasteiger partial charge on any atom is -0.493 e. The number of thiophene rings is 1. The van der Waals surface area contributed by atoms with Gasteiger partial charge in [-0.15, -0.1) is 11.3 Å². The molecule has 0 bridgehead atoms. The molecule has 186 valence electrons. The molecule has 1 N–H and O–H groups in total. The van der Waals surface area contributed by atoms with E-state index in [4.69, 9.17) is 14.2 Å². The number of methoxy groups -OCH3 is 1. The summed E-state index contributed by atoms with van der Waals surface area (Å²) in [6.07, 6.45) is 1.10. The summed E-state index contributed by atoms with van der Waals surface area (Å²) < 4.78 is 18.6. The third-order valence-electron chi connectivity index (χ3n) is 6.17. The maximum absolute atomic E-state index is 11.4. The van der Waals surface area contributed by atoms with E-state index < -0.39 is 12.1 Å². The second-order valence-corrected chi connectivity index (χ2v) is 9.44. The molecule has 0 aliphatic carbocycles. The van der Waals surface area contributed by atoms with Gasteiger partial charge in [-0.1, -0.05) is 43.3 Å². The Kier molecular flexibility index (Phi) is 9.52. The third kappa shape index (κ3) is 6.74. The lowest BCUT2D eigenvalue weighted by molar-refractivity contribution is -0.148. The number of fused-ring (bicyclic) bond motifs is 1. The van der Waals surface area contributed by atoms with Crippen LogP contribution in [-0.2, 0) is 20.7 Å². The van der Waals surface area contributed by atoms with Gasteiger partial charge in [-0.2, -0.15) is 0 Å². The minimum absolute atomic E-state index is 0.315. The lowest BCUT2D eigenvalue weighted by Gasteiger charge is -2.17. The van der Waals surface area contributed by atoms with Crippen LogP contribution in [0.25, 0.3) is 15.8 Å². The first-order valence-corrected chi connectivity index (χ1v) is 12.7.